The van der Waals surface area contributed by atoms with Gasteiger partial charge in [0.1, 0.15) is 22.7 Å². The van der Waals surface area contributed by atoms with E-state index in [9.17, 15) is 8.42 Å². The summed E-state index contributed by atoms with van der Waals surface area (Å²) in [6.45, 7) is 13.8. The second-order valence-electron chi connectivity index (χ2n) is 12.7. The van der Waals surface area contributed by atoms with Crippen LogP contribution >= 0.6 is 10.3 Å². The van der Waals surface area contributed by atoms with Crippen molar-refractivity contribution in [1.29, 1.82) is 0 Å². The van der Waals surface area contributed by atoms with Crippen molar-refractivity contribution >= 4 is 26.1 Å². The normalized spacial score (nSPS) is 13.0. The minimum atomic E-state index is -4.22. The molecule has 0 N–H and O–H groups in total. The average molecular weight is 622 g/mol. The Morgan fingerprint density at radius 1 is 0.535 bits per heavy atom. The molecule has 4 aromatic rings. The Morgan fingerprint density at radius 2 is 0.884 bits per heavy atom. The van der Waals surface area contributed by atoms with Crippen LogP contribution in [0.5, 0.6) is 11.5 Å². The first kappa shape index (κ1) is 32.5. The molecule has 0 atom stereocenters. The molecule has 0 radical (unpaired) electrons. The van der Waals surface area contributed by atoms with Gasteiger partial charge in [-0.05, 0) is 144 Å². The third-order valence-electron chi connectivity index (χ3n) is 6.35. The molecule has 0 aromatic heterocycles. The standard InChI is InChI=1S/C35H43NO5S2/c1-26-10-18-33(19-11-26)43(37,38)41-42(30-20-12-27(13-21-30)36(8)9,31-22-14-28(15-23-31)39-34(2,3)4)32-24-16-29(17-25-32)40-35(5,6)7/h10-25H,1-9H3. The van der Waals surface area contributed by atoms with Gasteiger partial charge in [0, 0.05) is 34.5 Å². The van der Waals surface area contributed by atoms with E-state index >= 15 is 0 Å². The maximum atomic E-state index is 14.1. The highest BCUT2D eigenvalue weighted by atomic mass is 32.3. The summed E-state index contributed by atoms with van der Waals surface area (Å²) >= 11 is 0. The van der Waals surface area contributed by atoms with E-state index in [1.54, 1.807) is 24.3 Å². The molecule has 0 saturated heterocycles. The molecule has 230 valence electrons. The van der Waals surface area contributed by atoms with Crippen LogP contribution in [0.4, 0.5) is 5.69 Å². The summed E-state index contributed by atoms with van der Waals surface area (Å²) < 4.78 is 46.9. The fourth-order valence-electron chi connectivity index (χ4n) is 4.45. The fourth-order valence-corrected chi connectivity index (χ4v) is 9.62. The van der Waals surface area contributed by atoms with Crippen LogP contribution < -0.4 is 14.4 Å². The monoisotopic (exact) mass is 621 g/mol. The lowest BCUT2D eigenvalue weighted by molar-refractivity contribution is 0.130. The second kappa shape index (κ2) is 12.3. The summed E-state index contributed by atoms with van der Waals surface area (Å²) in [7, 11) is -3.11. The zero-order valence-corrected chi connectivity index (χ0v) is 28.2. The number of hydrogen-bond donors (Lipinski definition) is 0. The molecule has 0 heterocycles. The van der Waals surface area contributed by atoms with Crippen LogP contribution in [0.3, 0.4) is 0 Å². The molecule has 0 spiro atoms. The Kier molecular flexibility index (Phi) is 9.26. The molecule has 43 heavy (non-hydrogen) atoms. The van der Waals surface area contributed by atoms with E-state index in [0.717, 1.165) is 16.1 Å². The number of nitrogens with zero attached hydrogens (tertiary/aromatic N) is 1. The Bertz CT molecular complexity index is 1560. The van der Waals surface area contributed by atoms with Crippen LogP contribution in [-0.2, 0) is 13.7 Å². The summed E-state index contributed by atoms with van der Waals surface area (Å²) in [4.78, 5) is 4.27. The van der Waals surface area contributed by atoms with Crippen LogP contribution in [0.2, 0.25) is 0 Å². The molecule has 0 unspecified atom stereocenters. The van der Waals surface area contributed by atoms with Gasteiger partial charge >= 0.3 is 10.1 Å². The van der Waals surface area contributed by atoms with E-state index in [1.165, 1.54) is 0 Å². The maximum Gasteiger partial charge on any atom is 0.307 e. The predicted octanol–water partition coefficient (Wildman–Crippen LogP) is 9.02. The number of anilines is 1. The summed E-state index contributed by atoms with van der Waals surface area (Å²) in [5.41, 5.74) is 1.17. The van der Waals surface area contributed by atoms with Crippen LogP contribution in [0.25, 0.3) is 0 Å². The quantitative estimate of drug-likeness (QED) is 0.186. The molecule has 6 nitrogen and oxygen atoms in total. The first-order valence-corrected chi connectivity index (χ1v) is 17.2. The van der Waals surface area contributed by atoms with E-state index in [0.29, 0.717) is 21.3 Å². The molecule has 0 aliphatic rings. The number of ether oxygens (including phenoxy) is 2. The fraction of sp³-hybridized carbons (Fsp3) is 0.314. The zero-order valence-electron chi connectivity index (χ0n) is 26.5. The highest BCUT2D eigenvalue weighted by molar-refractivity contribution is 8.33. The summed E-state index contributed by atoms with van der Waals surface area (Å²) in [5.74, 6) is 1.37. The first-order valence-electron chi connectivity index (χ1n) is 14.2. The van der Waals surface area contributed by atoms with Crippen molar-refractivity contribution < 1.29 is 21.5 Å². The predicted molar refractivity (Wildman–Crippen MR) is 176 cm³/mol. The van der Waals surface area contributed by atoms with Crippen molar-refractivity contribution in [2.45, 2.75) is 79.3 Å². The smallest absolute Gasteiger partial charge is 0.307 e. The highest BCUT2D eigenvalue weighted by Gasteiger charge is 2.39. The van der Waals surface area contributed by atoms with Gasteiger partial charge in [0.05, 0.1) is 4.90 Å². The minimum Gasteiger partial charge on any atom is -0.488 e. The third kappa shape index (κ3) is 7.93. The van der Waals surface area contributed by atoms with Crippen molar-refractivity contribution in [1.82, 2.24) is 0 Å². The Labute approximate surface area is 259 Å². The molecule has 0 amide bonds. The molecular formula is C35H43NO5S2. The van der Waals surface area contributed by atoms with E-state index < -0.39 is 20.4 Å². The number of benzene rings is 4. The molecule has 0 bridgehead atoms. The van der Waals surface area contributed by atoms with Gasteiger partial charge in [-0.1, -0.05) is 17.7 Å². The lowest BCUT2D eigenvalue weighted by Crippen LogP contribution is -2.23. The van der Waals surface area contributed by atoms with Gasteiger partial charge in [0.15, 0.2) is 0 Å². The SMILES string of the molecule is Cc1ccc(S(=O)(=O)OS(c2ccc(OC(C)(C)C)cc2)(c2ccc(OC(C)(C)C)cc2)c2ccc(N(C)C)cc2)cc1. The molecule has 8 heteroatoms. The van der Waals surface area contributed by atoms with Crippen molar-refractivity contribution in [2.75, 3.05) is 19.0 Å². The number of rotatable bonds is 9. The number of hydrogen-bond acceptors (Lipinski definition) is 6. The molecule has 4 rings (SSSR count). The van der Waals surface area contributed by atoms with Crippen LogP contribution in [0.15, 0.2) is 117 Å². The average Bonchev–Trinajstić information content (AvgIpc) is 2.91. The van der Waals surface area contributed by atoms with E-state index in [2.05, 4.69) is 0 Å². The minimum absolute atomic E-state index is 0.0975. The van der Waals surface area contributed by atoms with Crippen LogP contribution in [0.1, 0.15) is 47.1 Å². The summed E-state index contributed by atoms with van der Waals surface area (Å²) in [6, 6.07) is 29.7. The van der Waals surface area contributed by atoms with Gasteiger partial charge < -0.3 is 14.4 Å². The van der Waals surface area contributed by atoms with Crippen LogP contribution in [-0.4, -0.2) is 33.7 Å². The first-order chi connectivity index (χ1) is 20.0. The Morgan fingerprint density at radius 3 is 1.23 bits per heavy atom. The zero-order chi connectivity index (χ0) is 31.6. The summed E-state index contributed by atoms with van der Waals surface area (Å²) in [6.07, 6.45) is 0. The third-order valence-corrected chi connectivity index (χ3v) is 11.5. The van der Waals surface area contributed by atoms with E-state index in [-0.39, 0.29) is 16.1 Å². The topological polar surface area (TPSA) is 65.1 Å². The Balaban J connectivity index is 1.98. The molecule has 0 aliphatic carbocycles. The molecule has 0 aliphatic heterocycles. The van der Waals surface area contributed by atoms with Gasteiger partial charge in [-0.3, -0.25) is 0 Å². The highest BCUT2D eigenvalue weighted by Crippen LogP contribution is 2.70. The molecule has 4 aromatic carbocycles. The van der Waals surface area contributed by atoms with Gasteiger partial charge in [0.2, 0.25) is 0 Å². The van der Waals surface area contributed by atoms with Crippen molar-refractivity contribution in [3.8, 4) is 11.5 Å². The van der Waals surface area contributed by atoms with Crippen molar-refractivity contribution in [3.05, 3.63) is 103 Å². The van der Waals surface area contributed by atoms with Gasteiger partial charge in [0.25, 0.3) is 0 Å². The van der Waals surface area contributed by atoms with E-state index in [1.807, 2.05) is 140 Å². The lowest BCUT2D eigenvalue weighted by Gasteiger charge is -2.40. The Hall–Kier alpha value is -3.46. The van der Waals surface area contributed by atoms with Gasteiger partial charge in [-0.2, -0.15) is 8.42 Å². The lowest BCUT2D eigenvalue weighted by atomic mass is 10.2. The van der Waals surface area contributed by atoms with Gasteiger partial charge in [-0.15, -0.1) is 0 Å². The molecule has 0 fully saturated rings. The molecular weight excluding hydrogens is 579 g/mol. The van der Waals surface area contributed by atoms with Gasteiger partial charge in [-0.25, -0.2) is 3.63 Å². The number of aryl methyl sites for hydroxylation is 1. The van der Waals surface area contributed by atoms with Crippen LogP contribution in [0, 0.1) is 6.92 Å². The summed E-state index contributed by atoms with van der Waals surface area (Å²) in [5, 5.41) is 0. The van der Waals surface area contributed by atoms with Crippen molar-refractivity contribution in [3.63, 3.8) is 0 Å². The second-order valence-corrected chi connectivity index (χ2v) is 17.1. The maximum absolute atomic E-state index is 14.1. The molecule has 0 saturated carbocycles. The van der Waals surface area contributed by atoms with E-state index in [4.69, 9.17) is 13.1 Å². The van der Waals surface area contributed by atoms with Crippen molar-refractivity contribution in [2.24, 2.45) is 0 Å². The largest absolute Gasteiger partial charge is 0.488 e.